The molecule has 0 aliphatic carbocycles. The summed E-state index contributed by atoms with van der Waals surface area (Å²) < 4.78 is 28.4. The Kier molecular flexibility index (Phi) is 5.04. The minimum Gasteiger partial charge on any atom is -0.379 e. The van der Waals surface area contributed by atoms with Crippen LogP contribution in [0.25, 0.3) is 0 Å². The van der Waals surface area contributed by atoms with Crippen molar-refractivity contribution in [3.63, 3.8) is 0 Å². The van der Waals surface area contributed by atoms with Gasteiger partial charge < -0.3 is 9.64 Å². The van der Waals surface area contributed by atoms with Crippen molar-refractivity contribution in [3.05, 3.63) is 0 Å². The summed E-state index contributed by atoms with van der Waals surface area (Å²) in [7, 11) is -2.98. The summed E-state index contributed by atoms with van der Waals surface area (Å²) in [5, 5.41) is 0. The first-order chi connectivity index (χ1) is 10.5. The van der Waals surface area contributed by atoms with Crippen molar-refractivity contribution in [2.24, 2.45) is 11.8 Å². The second-order valence-electron chi connectivity index (χ2n) is 6.78. The predicted molar refractivity (Wildman–Crippen MR) is 83.3 cm³/mol. The third-order valence-corrected chi connectivity index (χ3v) is 6.90. The highest BCUT2D eigenvalue weighted by Crippen LogP contribution is 2.25. The van der Waals surface area contributed by atoms with Gasteiger partial charge in [-0.3, -0.25) is 9.69 Å². The van der Waals surface area contributed by atoms with Gasteiger partial charge in [-0.25, -0.2) is 8.42 Å². The van der Waals surface area contributed by atoms with Gasteiger partial charge >= 0.3 is 0 Å². The minimum atomic E-state index is -2.98. The van der Waals surface area contributed by atoms with Crippen LogP contribution in [0.15, 0.2) is 0 Å². The maximum Gasteiger partial charge on any atom is 0.226 e. The van der Waals surface area contributed by atoms with E-state index in [2.05, 4.69) is 4.90 Å². The van der Waals surface area contributed by atoms with E-state index in [1.807, 2.05) is 4.90 Å². The number of morpholine rings is 1. The fourth-order valence-electron chi connectivity index (χ4n) is 3.73. The minimum absolute atomic E-state index is 0.0551. The lowest BCUT2D eigenvalue weighted by Gasteiger charge is -2.36. The molecule has 3 rings (SSSR count). The summed E-state index contributed by atoms with van der Waals surface area (Å²) in [5.74, 6) is 0.650. The van der Waals surface area contributed by atoms with Crippen molar-refractivity contribution in [2.75, 3.05) is 57.4 Å². The van der Waals surface area contributed by atoms with Gasteiger partial charge in [-0.2, -0.15) is 0 Å². The highest BCUT2D eigenvalue weighted by molar-refractivity contribution is 7.91. The Balaban J connectivity index is 1.44. The summed E-state index contributed by atoms with van der Waals surface area (Å²) in [5.41, 5.74) is 0. The lowest BCUT2D eigenvalue weighted by atomic mass is 9.94. The molecular formula is C15H26N2O4S. The zero-order valence-electron chi connectivity index (χ0n) is 13.1. The molecule has 3 aliphatic rings. The molecule has 3 heterocycles. The Labute approximate surface area is 132 Å². The molecule has 3 saturated heterocycles. The number of likely N-dealkylation sites (tertiary alicyclic amines) is 1. The summed E-state index contributed by atoms with van der Waals surface area (Å²) in [6, 6.07) is 0. The van der Waals surface area contributed by atoms with Gasteiger partial charge in [0.15, 0.2) is 9.84 Å². The van der Waals surface area contributed by atoms with Gasteiger partial charge in [0, 0.05) is 32.7 Å². The Morgan fingerprint density at radius 1 is 1.05 bits per heavy atom. The van der Waals surface area contributed by atoms with Crippen molar-refractivity contribution < 1.29 is 17.9 Å². The van der Waals surface area contributed by atoms with Crippen LogP contribution in [0.2, 0.25) is 0 Å². The van der Waals surface area contributed by atoms with E-state index >= 15 is 0 Å². The van der Waals surface area contributed by atoms with Crippen molar-refractivity contribution in [1.82, 2.24) is 9.80 Å². The van der Waals surface area contributed by atoms with Crippen molar-refractivity contribution >= 4 is 15.7 Å². The van der Waals surface area contributed by atoms with Crippen LogP contribution in [0.4, 0.5) is 0 Å². The number of sulfone groups is 1. The Morgan fingerprint density at radius 3 is 2.32 bits per heavy atom. The number of hydrogen-bond donors (Lipinski definition) is 0. The number of nitrogens with zero attached hydrogens (tertiary/aromatic N) is 2. The SMILES string of the molecule is O=C([C@@H]1CCS(=O)(=O)C1)N1CCC(CN2CCOCC2)CC1. The second kappa shape index (κ2) is 6.84. The molecule has 0 aromatic rings. The first-order valence-corrected chi connectivity index (χ1v) is 10.1. The molecule has 0 aromatic carbocycles. The number of rotatable bonds is 3. The van der Waals surface area contributed by atoms with Crippen LogP contribution in [-0.4, -0.2) is 81.6 Å². The lowest BCUT2D eigenvalue weighted by Crippen LogP contribution is -2.45. The quantitative estimate of drug-likeness (QED) is 0.728. The van der Waals surface area contributed by atoms with Crippen molar-refractivity contribution in [2.45, 2.75) is 19.3 Å². The van der Waals surface area contributed by atoms with E-state index in [1.165, 1.54) is 0 Å². The number of hydrogen-bond acceptors (Lipinski definition) is 5. The van der Waals surface area contributed by atoms with Crippen LogP contribution in [0.5, 0.6) is 0 Å². The average molecular weight is 330 g/mol. The van der Waals surface area contributed by atoms with E-state index in [0.717, 1.165) is 58.8 Å². The van der Waals surface area contributed by atoms with Crippen LogP contribution in [-0.2, 0) is 19.4 Å². The van der Waals surface area contributed by atoms with Gasteiger partial charge in [-0.05, 0) is 25.2 Å². The standard InChI is InChI=1S/C15H26N2O4S/c18-15(14-3-10-22(19,20)12-14)17-4-1-13(2-5-17)11-16-6-8-21-9-7-16/h13-14H,1-12H2/t14-/m1/s1. The molecule has 1 atom stereocenters. The Bertz CT molecular complexity index is 494. The number of piperidine rings is 1. The van der Waals surface area contributed by atoms with E-state index in [9.17, 15) is 13.2 Å². The van der Waals surface area contributed by atoms with E-state index in [4.69, 9.17) is 4.74 Å². The van der Waals surface area contributed by atoms with Crippen LogP contribution >= 0.6 is 0 Å². The van der Waals surface area contributed by atoms with Gasteiger partial charge in [-0.15, -0.1) is 0 Å². The maximum atomic E-state index is 12.4. The van der Waals surface area contributed by atoms with Gasteiger partial charge in [-0.1, -0.05) is 0 Å². The van der Waals surface area contributed by atoms with Crippen LogP contribution in [0.3, 0.4) is 0 Å². The molecule has 0 radical (unpaired) electrons. The van der Waals surface area contributed by atoms with Gasteiger partial charge in [0.25, 0.3) is 0 Å². The van der Waals surface area contributed by atoms with Crippen LogP contribution in [0, 0.1) is 11.8 Å². The first kappa shape index (κ1) is 16.2. The molecule has 6 nitrogen and oxygen atoms in total. The Hall–Kier alpha value is -0.660. The molecule has 0 aromatic heterocycles. The smallest absolute Gasteiger partial charge is 0.226 e. The summed E-state index contributed by atoms with van der Waals surface area (Å²) in [6.45, 7) is 6.34. The Morgan fingerprint density at radius 2 is 1.73 bits per heavy atom. The van der Waals surface area contributed by atoms with Gasteiger partial charge in [0.05, 0.1) is 30.6 Å². The molecule has 3 fully saturated rings. The lowest BCUT2D eigenvalue weighted by molar-refractivity contribution is -0.136. The molecule has 3 aliphatic heterocycles. The van der Waals surface area contributed by atoms with Crippen molar-refractivity contribution in [3.8, 4) is 0 Å². The number of ether oxygens (including phenoxy) is 1. The molecule has 0 unspecified atom stereocenters. The molecule has 0 bridgehead atoms. The molecule has 1 amide bonds. The van der Waals surface area contributed by atoms with E-state index in [1.54, 1.807) is 0 Å². The zero-order chi connectivity index (χ0) is 15.6. The summed E-state index contributed by atoms with van der Waals surface area (Å²) >= 11 is 0. The number of carbonyl (C=O) groups excluding carboxylic acids is 1. The van der Waals surface area contributed by atoms with Gasteiger partial charge in [0.1, 0.15) is 0 Å². The topological polar surface area (TPSA) is 66.9 Å². The molecule has 7 heteroatoms. The third-order valence-electron chi connectivity index (χ3n) is 5.13. The maximum absolute atomic E-state index is 12.4. The molecule has 22 heavy (non-hydrogen) atoms. The van der Waals surface area contributed by atoms with Crippen LogP contribution < -0.4 is 0 Å². The normalized spacial score (nSPS) is 30.5. The molecule has 0 N–H and O–H groups in total. The molecular weight excluding hydrogens is 304 g/mol. The molecule has 0 saturated carbocycles. The highest BCUT2D eigenvalue weighted by atomic mass is 32.2. The fraction of sp³-hybridized carbons (Fsp3) is 0.933. The van der Waals surface area contributed by atoms with E-state index < -0.39 is 9.84 Å². The second-order valence-corrected chi connectivity index (χ2v) is 9.01. The predicted octanol–water partition coefficient (Wildman–Crippen LogP) is -0.00810. The summed E-state index contributed by atoms with van der Waals surface area (Å²) in [6.07, 6.45) is 2.57. The monoisotopic (exact) mass is 330 g/mol. The number of amides is 1. The third kappa shape index (κ3) is 4.00. The van der Waals surface area contributed by atoms with Crippen molar-refractivity contribution in [1.29, 1.82) is 0 Å². The number of carbonyl (C=O) groups is 1. The summed E-state index contributed by atoms with van der Waals surface area (Å²) in [4.78, 5) is 16.8. The zero-order valence-corrected chi connectivity index (χ0v) is 13.9. The van der Waals surface area contributed by atoms with Gasteiger partial charge in [0.2, 0.25) is 5.91 Å². The average Bonchev–Trinajstić information content (AvgIpc) is 2.88. The highest BCUT2D eigenvalue weighted by Gasteiger charge is 2.36. The molecule has 0 spiro atoms. The first-order valence-electron chi connectivity index (χ1n) is 8.33. The van der Waals surface area contributed by atoms with Crippen LogP contribution in [0.1, 0.15) is 19.3 Å². The van der Waals surface area contributed by atoms with E-state index in [-0.39, 0.29) is 23.3 Å². The molecule has 126 valence electrons. The fourth-order valence-corrected chi connectivity index (χ4v) is 5.47. The van der Waals surface area contributed by atoms with E-state index in [0.29, 0.717) is 12.3 Å². The largest absolute Gasteiger partial charge is 0.379 e.